The minimum atomic E-state index is -0.878. The molecular weight excluding hydrogens is 181 g/mol. The van der Waals surface area contributed by atoms with Gasteiger partial charge in [0.1, 0.15) is 6.17 Å². The second kappa shape index (κ2) is 3.02. The van der Waals surface area contributed by atoms with Crippen molar-refractivity contribution in [1.82, 2.24) is 4.98 Å². The van der Waals surface area contributed by atoms with Crippen LogP contribution in [0.3, 0.4) is 0 Å². The van der Waals surface area contributed by atoms with Crippen molar-refractivity contribution in [2.45, 2.75) is 32.5 Å². The van der Waals surface area contributed by atoms with Crippen molar-refractivity contribution in [2.75, 3.05) is 0 Å². The smallest absolute Gasteiger partial charge is 0.109 e. The zero-order valence-corrected chi connectivity index (χ0v) is 8.37. The fraction of sp³-hybridized carbons (Fsp3) is 0.545. The van der Waals surface area contributed by atoms with Crippen LogP contribution in [0.15, 0.2) is 18.5 Å². The van der Waals surface area contributed by atoms with Crippen LogP contribution in [0.25, 0.3) is 0 Å². The largest absolute Gasteiger partial charge is 0.388 e. The molecule has 1 aliphatic rings. The highest BCUT2D eigenvalue weighted by atomic mass is 19.1. The summed E-state index contributed by atoms with van der Waals surface area (Å²) >= 11 is 0. The highest BCUT2D eigenvalue weighted by Gasteiger charge is 2.56. The monoisotopic (exact) mass is 195 g/mol. The van der Waals surface area contributed by atoms with Gasteiger partial charge in [0, 0.05) is 23.4 Å². The Hall–Kier alpha value is -0.960. The summed E-state index contributed by atoms with van der Waals surface area (Å²) < 4.78 is 13.0. The Kier molecular flexibility index (Phi) is 2.07. The van der Waals surface area contributed by atoms with E-state index in [9.17, 15) is 9.50 Å². The van der Waals surface area contributed by atoms with Gasteiger partial charge in [-0.25, -0.2) is 4.39 Å². The zero-order valence-electron chi connectivity index (χ0n) is 8.37. The Bertz CT molecular complexity index is 355. The molecule has 1 aromatic rings. The third kappa shape index (κ3) is 1.32. The Morgan fingerprint density at radius 1 is 1.71 bits per heavy atom. The molecule has 0 amide bonds. The van der Waals surface area contributed by atoms with Gasteiger partial charge in [-0.05, 0) is 25.0 Å². The molecule has 3 atom stereocenters. The number of pyridine rings is 1. The van der Waals surface area contributed by atoms with E-state index in [0.717, 1.165) is 11.1 Å². The first-order valence-electron chi connectivity index (χ1n) is 4.78. The van der Waals surface area contributed by atoms with E-state index in [2.05, 4.69) is 4.98 Å². The lowest BCUT2D eigenvalue weighted by Gasteiger charge is -2.19. The van der Waals surface area contributed by atoms with E-state index in [4.69, 9.17) is 0 Å². The summed E-state index contributed by atoms with van der Waals surface area (Å²) in [7, 11) is 0. The fourth-order valence-electron chi connectivity index (χ4n) is 1.73. The summed E-state index contributed by atoms with van der Waals surface area (Å²) in [5, 5.41) is 9.99. The summed E-state index contributed by atoms with van der Waals surface area (Å²) in [5.41, 5.74) is 1.12. The van der Waals surface area contributed by atoms with Gasteiger partial charge in [0.25, 0.3) is 0 Å². The number of aromatic nitrogens is 1. The molecule has 1 aromatic heterocycles. The zero-order chi connectivity index (χ0) is 10.3. The maximum absolute atomic E-state index is 13.0. The molecule has 14 heavy (non-hydrogen) atoms. The van der Waals surface area contributed by atoms with Crippen LogP contribution >= 0.6 is 0 Å². The molecule has 0 bridgehead atoms. The van der Waals surface area contributed by atoms with Crippen molar-refractivity contribution < 1.29 is 9.50 Å². The number of nitrogens with zero attached hydrogens (tertiary/aromatic N) is 1. The molecule has 2 nitrogen and oxygen atoms in total. The molecule has 2 rings (SSSR count). The highest BCUT2D eigenvalue weighted by Crippen LogP contribution is 2.56. The van der Waals surface area contributed by atoms with Crippen LogP contribution in [0, 0.1) is 12.3 Å². The van der Waals surface area contributed by atoms with Crippen LogP contribution < -0.4 is 0 Å². The van der Waals surface area contributed by atoms with Gasteiger partial charge in [-0.2, -0.15) is 0 Å². The van der Waals surface area contributed by atoms with Crippen molar-refractivity contribution in [3.8, 4) is 0 Å². The van der Waals surface area contributed by atoms with Crippen LogP contribution in [0.1, 0.15) is 30.6 Å². The number of hydrogen-bond donors (Lipinski definition) is 1. The van der Waals surface area contributed by atoms with Gasteiger partial charge >= 0.3 is 0 Å². The standard InChI is InChI=1S/C11H14FNO/c1-7-3-4-13-6-8(7)10(14)11(2)5-9(11)12/h3-4,6,9-10,14H,5H2,1-2H3. The Morgan fingerprint density at radius 3 is 2.86 bits per heavy atom. The van der Waals surface area contributed by atoms with Gasteiger partial charge < -0.3 is 5.11 Å². The molecular formula is C11H14FNO. The van der Waals surface area contributed by atoms with Crippen molar-refractivity contribution in [3.63, 3.8) is 0 Å². The molecule has 1 saturated carbocycles. The van der Waals surface area contributed by atoms with Crippen LogP contribution in [-0.2, 0) is 0 Å². The molecule has 1 aliphatic carbocycles. The molecule has 0 aliphatic heterocycles. The molecule has 1 fully saturated rings. The summed E-state index contributed by atoms with van der Waals surface area (Å²) in [6, 6.07) is 1.83. The van der Waals surface area contributed by atoms with Gasteiger partial charge in [0.05, 0.1) is 6.10 Å². The summed E-state index contributed by atoms with van der Waals surface area (Å²) in [5.74, 6) is 0. The normalized spacial score (nSPS) is 32.7. The first-order valence-corrected chi connectivity index (χ1v) is 4.78. The molecule has 1 heterocycles. The van der Waals surface area contributed by atoms with E-state index in [1.165, 1.54) is 0 Å². The fourth-order valence-corrected chi connectivity index (χ4v) is 1.73. The first kappa shape index (κ1) is 9.59. The number of aliphatic hydroxyl groups excluding tert-OH is 1. The predicted molar refractivity (Wildman–Crippen MR) is 51.6 cm³/mol. The average molecular weight is 195 g/mol. The lowest BCUT2D eigenvalue weighted by molar-refractivity contribution is 0.0865. The predicted octanol–water partition coefficient (Wildman–Crippen LogP) is 2.17. The van der Waals surface area contributed by atoms with Gasteiger partial charge in [-0.15, -0.1) is 0 Å². The van der Waals surface area contributed by atoms with E-state index >= 15 is 0 Å². The average Bonchev–Trinajstić information content (AvgIpc) is 2.76. The van der Waals surface area contributed by atoms with Gasteiger partial charge in [0.15, 0.2) is 0 Å². The Balaban J connectivity index is 2.28. The Labute approximate surface area is 82.8 Å². The minimum absolute atomic E-state index is 0.447. The first-order chi connectivity index (χ1) is 6.55. The molecule has 0 aromatic carbocycles. The van der Waals surface area contributed by atoms with Crippen molar-refractivity contribution in [3.05, 3.63) is 29.6 Å². The number of aliphatic hydroxyl groups is 1. The maximum Gasteiger partial charge on any atom is 0.109 e. The molecule has 0 spiro atoms. The molecule has 3 unspecified atom stereocenters. The quantitative estimate of drug-likeness (QED) is 0.784. The maximum atomic E-state index is 13.0. The number of alkyl halides is 1. The van der Waals surface area contributed by atoms with Gasteiger partial charge in [-0.3, -0.25) is 4.98 Å². The summed E-state index contributed by atoms with van der Waals surface area (Å²) in [6.07, 6.45) is 2.13. The number of rotatable bonds is 2. The number of halogens is 1. The number of aryl methyl sites for hydroxylation is 1. The highest BCUT2D eigenvalue weighted by molar-refractivity contribution is 5.28. The van der Waals surface area contributed by atoms with Crippen LogP contribution in [0.2, 0.25) is 0 Å². The minimum Gasteiger partial charge on any atom is -0.388 e. The van der Waals surface area contributed by atoms with Crippen molar-refractivity contribution in [2.24, 2.45) is 5.41 Å². The second-order valence-corrected chi connectivity index (χ2v) is 4.31. The number of hydrogen-bond acceptors (Lipinski definition) is 2. The lowest BCUT2D eigenvalue weighted by atomic mass is 9.93. The van der Waals surface area contributed by atoms with E-state index in [1.54, 1.807) is 19.3 Å². The third-order valence-corrected chi connectivity index (χ3v) is 3.17. The van der Waals surface area contributed by atoms with Crippen molar-refractivity contribution in [1.29, 1.82) is 0 Å². The molecule has 3 heteroatoms. The van der Waals surface area contributed by atoms with E-state index in [0.29, 0.717) is 6.42 Å². The van der Waals surface area contributed by atoms with Crippen LogP contribution in [-0.4, -0.2) is 16.3 Å². The molecule has 76 valence electrons. The topological polar surface area (TPSA) is 33.1 Å². The second-order valence-electron chi connectivity index (χ2n) is 4.31. The van der Waals surface area contributed by atoms with Crippen molar-refractivity contribution >= 4 is 0 Å². The van der Waals surface area contributed by atoms with Gasteiger partial charge in [0.2, 0.25) is 0 Å². The van der Waals surface area contributed by atoms with E-state index in [-0.39, 0.29) is 0 Å². The molecule has 1 N–H and O–H groups in total. The molecule has 0 radical (unpaired) electrons. The lowest BCUT2D eigenvalue weighted by Crippen LogP contribution is -2.14. The van der Waals surface area contributed by atoms with Crippen LogP contribution in [0.4, 0.5) is 4.39 Å². The van der Waals surface area contributed by atoms with Gasteiger partial charge in [-0.1, -0.05) is 6.92 Å². The van der Waals surface area contributed by atoms with E-state index in [1.807, 2.05) is 13.0 Å². The van der Waals surface area contributed by atoms with E-state index < -0.39 is 17.7 Å². The Morgan fingerprint density at radius 2 is 2.36 bits per heavy atom. The third-order valence-electron chi connectivity index (χ3n) is 3.17. The summed E-state index contributed by atoms with van der Waals surface area (Å²) in [6.45, 7) is 3.67. The summed E-state index contributed by atoms with van der Waals surface area (Å²) in [4.78, 5) is 3.95. The van der Waals surface area contributed by atoms with Crippen LogP contribution in [0.5, 0.6) is 0 Å². The SMILES string of the molecule is Cc1ccncc1C(O)C1(C)CC1F. The molecule has 0 saturated heterocycles.